The third-order valence-corrected chi connectivity index (χ3v) is 9.89. The molecule has 278 valence electrons. The molecule has 14 heteroatoms. The number of likely N-dealkylation sites (tertiary alicyclic amines) is 1. The van der Waals surface area contributed by atoms with Crippen LogP contribution in [0.4, 0.5) is 8.78 Å². The number of nitrogens with zero attached hydrogens (tertiary/aromatic N) is 4. The molecule has 2 aliphatic heterocycles. The first-order valence-corrected chi connectivity index (χ1v) is 17.7. The van der Waals surface area contributed by atoms with Crippen molar-refractivity contribution >= 4 is 29.8 Å². The number of hydrogen-bond acceptors (Lipinski definition) is 8. The van der Waals surface area contributed by atoms with Gasteiger partial charge in [0.2, 0.25) is 17.7 Å². The Balaban J connectivity index is 1.03. The number of aliphatic imine (C=N–C) groups is 1. The standard InChI is InChI=1S/C39H44F2N8O4/c1-23-17-27(9-10-28(23)20-44-36(52)34-47-37(53-48-34)38(2,3)4)33(45-22-42)31-18-24(19-43-31)13-15-49-16-14-30(39(40,41)21-49)26-7-5-25(6-8-26)29-11-12-32(50)46-35(29)51/h5-10,17-19,22,29-30,42-43H,11-16,20-21H2,1-4H3,(H,44,52)(H,46,50,51). The minimum absolute atomic E-state index is 0.0269. The highest BCUT2D eigenvalue weighted by Crippen LogP contribution is 2.41. The van der Waals surface area contributed by atoms with Gasteiger partial charge in [0, 0.05) is 36.7 Å². The fraction of sp³-hybridized carbons (Fsp3) is 0.410. The Hall–Kier alpha value is -5.37. The highest BCUT2D eigenvalue weighted by atomic mass is 19.3. The molecule has 53 heavy (non-hydrogen) atoms. The van der Waals surface area contributed by atoms with Gasteiger partial charge in [-0.3, -0.25) is 30.0 Å². The van der Waals surface area contributed by atoms with Crippen molar-refractivity contribution in [1.29, 1.82) is 5.41 Å². The van der Waals surface area contributed by atoms with Crippen molar-refractivity contribution in [3.63, 3.8) is 0 Å². The largest absolute Gasteiger partial charge is 0.360 e. The molecule has 4 aromatic rings. The van der Waals surface area contributed by atoms with Crippen molar-refractivity contribution in [2.75, 3.05) is 19.6 Å². The molecule has 2 saturated heterocycles. The van der Waals surface area contributed by atoms with Crippen LogP contribution in [-0.2, 0) is 28.0 Å². The lowest BCUT2D eigenvalue weighted by molar-refractivity contribution is -0.134. The summed E-state index contributed by atoms with van der Waals surface area (Å²) in [6.07, 6.45) is 4.34. The van der Waals surface area contributed by atoms with E-state index >= 15 is 8.78 Å². The van der Waals surface area contributed by atoms with E-state index in [0.29, 0.717) is 55.2 Å². The van der Waals surface area contributed by atoms with Gasteiger partial charge in [-0.05, 0) is 72.7 Å². The third-order valence-electron chi connectivity index (χ3n) is 9.89. The molecule has 3 amide bonds. The van der Waals surface area contributed by atoms with Gasteiger partial charge in [0.1, 0.15) is 6.34 Å². The van der Waals surface area contributed by atoms with Gasteiger partial charge in [0.25, 0.3) is 17.7 Å². The summed E-state index contributed by atoms with van der Waals surface area (Å²) in [4.78, 5) is 49.9. The maximum atomic E-state index is 15.5. The molecular formula is C39H44F2N8O4. The first-order valence-electron chi connectivity index (χ1n) is 17.7. The third kappa shape index (κ3) is 8.65. The maximum Gasteiger partial charge on any atom is 0.292 e. The first kappa shape index (κ1) is 37.4. The summed E-state index contributed by atoms with van der Waals surface area (Å²) in [6, 6.07) is 14.5. The van der Waals surface area contributed by atoms with Gasteiger partial charge < -0.3 is 14.8 Å². The molecule has 2 aromatic carbocycles. The topological polar surface area (TPSA) is 169 Å². The summed E-state index contributed by atoms with van der Waals surface area (Å²) in [5, 5.41) is 16.7. The number of imide groups is 1. The number of H-pyrrole nitrogens is 1. The van der Waals surface area contributed by atoms with Crippen LogP contribution < -0.4 is 10.6 Å². The number of benzene rings is 2. The summed E-state index contributed by atoms with van der Waals surface area (Å²) in [5.74, 6) is -5.03. The second-order valence-corrected chi connectivity index (χ2v) is 14.8. The molecule has 0 saturated carbocycles. The van der Waals surface area contributed by atoms with Gasteiger partial charge in [-0.25, -0.2) is 13.8 Å². The van der Waals surface area contributed by atoms with Crippen molar-refractivity contribution in [3.8, 4) is 0 Å². The number of alkyl halides is 2. The Morgan fingerprint density at radius 1 is 1.13 bits per heavy atom. The normalized spacial score (nSPS) is 19.5. The molecule has 2 unspecified atom stereocenters. The van der Waals surface area contributed by atoms with Crippen LogP contribution in [0.1, 0.15) is 107 Å². The zero-order valence-corrected chi connectivity index (χ0v) is 30.3. The number of nitrogens with one attached hydrogen (secondary N) is 4. The zero-order chi connectivity index (χ0) is 37.9. The van der Waals surface area contributed by atoms with Crippen LogP contribution in [0.15, 0.2) is 64.2 Å². The van der Waals surface area contributed by atoms with Crippen molar-refractivity contribution in [3.05, 3.63) is 106 Å². The molecule has 2 aliphatic rings. The van der Waals surface area contributed by atoms with Gasteiger partial charge in [0.05, 0.1) is 29.8 Å². The number of amides is 3. The first-order chi connectivity index (χ1) is 25.2. The highest BCUT2D eigenvalue weighted by Gasteiger charge is 2.45. The van der Waals surface area contributed by atoms with E-state index in [1.165, 1.54) is 0 Å². The van der Waals surface area contributed by atoms with Crippen LogP contribution in [0, 0.1) is 12.3 Å². The second-order valence-electron chi connectivity index (χ2n) is 14.8. The monoisotopic (exact) mass is 726 g/mol. The lowest BCUT2D eigenvalue weighted by atomic mass is 9.84. The minimum atomic E-state index is -2.93. The van der Waals surface area contributed by atoms with Crippen molar-refractivity contribution in [2.45, 2.75) is 83.1 Å². The molecule has 12 nitrogen and oxygen atoms in total. The predicted octanol–water partition coefficient (Wildman–Crippen LogP) is 5.57. The number of rotatable bonds is 11. The molecule has 2 fully saturated rings. The number of carbonyl (C=O) groups is 3. The number of halogens is 2. The molecule has 0 radical (unpaired) electrons. The number of aromatic nitrogens is 3. The summed E-state index contributed by atoms with van der Waals surface area (Å²) in [5.41, 5.74) is 5.65. The van der Waals surface area contributed by atoms with Crippen molar-refractivity contribution in [2.24, 2.45) is 4.99 Å². The molecule has 0 bridgehead atoms. The molecule has 0 spiro atoms. The number of aryl methyl sites for hydroxylation is 1. The Bertz CT molecular complexity index is 2030. The molecule has 0 aliphatic carbocycles. The zero-order valence-electron chi connectivity index (χ0n) is 30.3. The quantitative estimate of drug-likeness (QED) is 0.0891. The summed E-state index contributed by atoms with van der Waals surface area (Å²) in [7, 11) is 0. The van der Waals surface area contributed by atoms with E-state index in [2.05, 4.69) is 30.8 Å². The fourth-order valence-electron chi connectivity index (χ4n) is 6.87. The highest BCUT2D eigenvalue weighted by molar-refractivity contribution is 6.14. The SMILES string of the molecule is Cc1cc(C(=NC=N)c2cc(CCN3CCC(c4ccc(C5CCC(=O)NC5=O)cc4)C(F)(F)C3)c[nH]2)ccc1CNC(=O)c1noc(C(C)(C)C)n1. The lowest BCUT2D eigenvalue weighted by Crippen LogP contribution is -2.47. The summed E-state index contributed by atoms with van der Waals surface area (Å²) < 4.78 is 36.3. The number of piperidine rings is 2. The van der Waals surface area contributed by atoms with Crippen LogP contribution in [0.25, 0.3) is 0 Å². The van der Waals surface area contributed by atoms with E-state index in [9.17, 15) is 14.4 Å². The Morgan fingerprint density at radius 2 is 1.89 bits per heavy atom. The predicted molar refractivity (Wildman–Crippen MR) is 195 cm³/mol. The fourth-order valence-corrected chi connectivity index (χ4v) is 6.87. The summed E-state index contributed by atoms with van der Waals surface area (Å²) >= 11 is 0. The second kappa shape index (κ2) is 15.3. The van der Waals surface area contributed by atoms with Crippen LogP contribution in [0.5, 0.6) is 0 Å². The van der Waals surface area contributed by atoms with Gasteiger partial charge in [0.15, 0.2) is 0 Å². The van der Waals surface area contributed by atoms with E-state index < -0.39 is 23.7 Å². The Morgan fingerprint density at radius 3 is 2.55 bits per heavy atom. The molecule has 4 heterocycles. The van der Waals surface area contributed by atoms with Crippen LogP contribution in [0.3, 0.4) is 0 Å². The van der Waals surface area contributed by atoms with Crippen molar-refractivity contribution < 1.29 is 27.7 Å². The van der Waals surface area contributed by atoms with Crippen LogP contribution >= 0.6 is 0 Å². The molecule has 4 N–H and O–H groups in total. The molecule has 6 rings (SSSR count). The molecule has 2 atom stereocenters. The van der Waals surface area contributed by atoms with E-state index in [-0.39, 0.29) is 42.6 Å². The lowest BCUT2D eigenvalue weighted by Gasteiger charge is -2.38. The van der Waals surface area contributed by atoms with E-state index in [0.717, 1.165) is 34.2 Å². The van der Waals surface area contributed by atoms with Crippen LogP contribution in [-0.4, -0.2) is 75.4 Å². The Labute approximate surface area is 306 Å². The summed E-state index contributed by atoms with van der Waals surface area (Å²) in [6.45, 7) is 8.55. The minimum Gasteiger partial charge on any atom is -0.360 e. The molecule has 2 aromatic heterocycles. The van der Waals surface area contributed by atoms with E-state index in [4.69, 9.17) is 9.93 Å². The van der Waals surface area contributed by atoms with Gasteiger partial charge in [-0.1, -0.05) is 62.3 Å². The number of carbonyl (C=O) groups excluding carboxylic acids is 3. The Kier molecular flexibility index (Phi) is 10.8. The average Bonchev–Trinajstić information content (AvgIpc) is 3.80. The smallest absolute Gasteiger partial charge is 0.292 e. The molecular weight excluding hydrogens is 682 g/mol. The number of hydrogen-bond donors (Lipinski definition) is 4. The van der Waals surface area contributed by atoms with Gasteiger partial charge in [-0.2, -0.15) is 4.98 Å². The van der Waals surface area contributed by atoms with Crippen molar-refractivity contribution in [1.82, 2.24) is 30.7 Å². The maximum absolute atomic E-state index is 15.5. The van der Waals surface area contributed by atoms with E-state index in [1.807, 2.05) is 58.2 Å². The van der Waals surface area contributed by atoms with Crippen LogP contribution in [0.2, 0.25) is 0 Å². The average molecular weight is 727 g/mol. The number of aromatic amines is 1. The van der Waals surface area contributed by atoms with E-state index in [1.54, 1.807) is 29.2 Å². The van der Waals surface area contributed by atoms with Gasteiger partial charge >= 0.3 is 0 Å². The van der Waals surface area contributed by atoms with Gasteiger partial charge in [-0.15, -0.1) is 0 Å².